The van der Waals surface area contributed by atoms with Gasteiger partial charge in [-0.1, -0.05) is 0 Å². The second kappa shape index (κ2) is 5.49. The molecule has 112 valence electrons. The Hall–Kier alpha value is -1.10. The van der Waals surface area contributed by atoms with E-state index in [4.69, 9.17) is 4.84 Å². The predicted octanol–water partition coefficient (Wildman–Crippen LogP) is 2.26. The van der Waals surface area contributed by atoms with Crippen LogP contribution in [-0.4, -0.2) is 33.6 Å². The van der Waals surface area contributed by atoms with Gasteiger partial charge >= 0.3 is 5.97 Å². The summed E-state index contributed by atoms with van der Waals surface area (Å²) in [6.07, 6.45) is 0. The van der Waals surface area contributed by atoms with Gasteiger partial charge in [0.25, 0.3) is 0 Å². The van der Waals surface area contributed by atoms with Crippen LogP contribution in [0, 0.1) is 0 Å². The predicted molar refractivity (Wildman–Crippen MR) is 75.3 cm³/mol. The van der Waals surface area contributed by atoms with Crippen LogP contribution in [0.25, 0.3) is 0 Å². The van der Waals surface area contributed by atoms with Crippen molar-refractivity contribution in [2.45, 2.75) is 78.9 Å². The summed E-state index contributed by atoms with van der Waals surface area (Å²) in [5, 5.41) is 4.36. The van der Waals surface area contributed by atoms with E-state index in [1.54, 1.807) is 13.8 Å². The number of amides is 1. The molecule has 5 nitrogen and oxygen atoms in total. The van der Waals surface area contributed by atoms with E-state index < -0.39 is 17.0 Å². The van der Waals surface area contributed by atoms with E-state index in [2.05, 4.69) is 5.32 Å². The maximum absolute atomic E-state index is 12.4. The van der Waals surface area contributed by atoms with E-state index >= 15 is 0 Å². The molecule has 0 atom stereocenters. The molecule has 0 saturated heterocycles. The molecule has 0 aliphatic rings. The molecule has 5 heteroatoms. The van der Waals surface area contributed by atoms with Crippen LogP contribution in [0.15, 0.2) is 0 Å². The fourth-order valence-corrected chi connectivity index (χ4v) is 1.80. The Morgan fingerprint density at radius 3 is 1.63 bits per heavy atom. The van der Waals surface area contributed by atoms with Gasteiger partial charge in [-0.25, -0.2) is 0 Å². The molecule has 0 fully saturated rings. The van der Waals surface area contributed by atoms with Crippen molar-refractivity contribution in [2.75, 3.05) is 0 Å². The molecule has 19 heavy (non-hydrogen) atoms. The number of hydrogen-bond donors (Lipinski definition) is 1. The summed E-state index contributed by atoms with van der Waals surface area (Å²) in [4.78, 5) is 28.9. The Labute approximate surface area is 116 Å². The average molecular weight is 272 g/mol. The van der Waals surface area contributed by atoms with Crippen molar-refractivity contribution in [2.24, 2.45) is 0 Å². The summed E-state index contributed by atoms with van der Waals surface area (Å²) in [5.41, 5.74) is -1.78. The highest BCUT2D eigenvalue weighted by Crippen LogP contribution is 2.26. The fraction of sp³-hybridized carbons (Fsp3) is 0.857. The normalized spacial score (nSPS) is 13.4. The van der Waals surface area contributed by atoms with Crippen LogP contribution >= 0.6 is 0 Å². The van der Waals surface area contributed by atoms with Gasteiger partial charge in [0.15, 0.2) is 0 Å². The van der Waals surface area contributed by atoms with Crippen molar-refractivity contribution in [1.82, 2.24) is 10.4 Å². The lowest BCUT2D eigenvalue weighted by molar-refractivity contribution is -0.244. The first kappa shape index (κ1) is 17.9. The summed E-state index contributed by atoms with van der Waals surface area (Å²) in [6.45, 7) is 16.2. The van der Waals surface area contributed by atoms with Gasteiger partial charge in [0, 0.05) is 18.0 Å². The minimum Gasteiger partial charge on any atom is -0.367 e. The van der Waals surface area contributed by atoms with Crippen molar-refractivity contribution in [3.63, 3.8) is 0 Å². The third-order valence-electron chi connectivity index (χ3n) is 2.38. The van der Waals surface area contributed by atoms with Gasteiger partial charge in [-0.15, -0.1) is 5.06 Å². The number of hydrogen-bond acceptors (Lipinski definition) is 4. The SMILES string of the molecule is CC(=O)ON(C(C)(C)C)C(C)(C)C(=O)NC(C)(C)C. The second-order valence-electron chi connectivity index (χ2n) is 7.31. The maximum Gasteiger partial charge on any atom is 0.322 e. The van der Waals surface area contributed by atoms with Gasteiger partial charge in [-0.2, -0.15) is 0 Å². The Morgan fingerprint density at radius 1 is 0.947 bits per heavy atom. The van der Waals surface area contributed by atoms with Crippen molar-refractivity contribution < 1.29 is 14.4 Å². The lowest BCUT2D eigenvalue weighted by atomic mass is 9.95. The number of nitrogens with zero attached hydrogens (tertiary/aromatic N) is 1. The molecule has 0 aromatic heterocycles. The molecule has 0 aliphatic carbocycles. The van der Waals surface area contributed by atoms with E-state index in [9.17, 15) is 9.59 Å². The molecule has 0 aromatic rings. The van der Waals surface area contributed by atoms with Gasteiger partial charge in [0.05, 0.1) is 0 Å². The lowest BCUT2D eigenvalue weighted by Gasteiger charge is -2.44. The molecule has 0 radical (unpaired) electrons. The van der Waals surface area contributed by atoms with Crippen LogP contribution in [0.2, 0.25) is 0 Å². The van der Waals surface area contributed by atoms with E-state index in [0.717, 1.165) is 0 Å². The second-order valence-corrected chi connectivity index (χ2v) is 7.31. The third-order valence-corrected chi connectivity index (χ3v) is 2.38. The zero-order valence-corrected chi connectivity index (χ0v) is 13.7. The highest BCUT2D eigenvalue weighted by Gasteiger charge is 2.44. The average Bonchev–Trinajstić information content (AvgIpc) is 2.08. The van der Waals surface area contributed by atoms with Gasteiger partial charge < -0.3 is 10.2 Å². The molecule has 0 saturated carbocycles. The Kier molecular flexibility index (Phi) is 5.17. The number of hydroxylamine groups is 2. The molecule has 0 aliphatic heterocycles. The smallest absolute Gasteiger partial charge is 0.322 e. The van der Waals surface area contributed by atoms with E-state index in [1.165, 1.54) is 12.0 Å². The van der Waals surface area contributed by atoms with Crippen molar-refractivity contribution in [3.8, 4) is 0 Å². The fourth-order valence-electron chi connectivity index (χ4n) is 1.80. The van der Waals surface area contributed by atoms with Crippen molar-refractivity contribution >= 4 is 11.9 Å². The van der Waals surface area contributed by atoms with Crippen LogP contribution < -0.4 is 5.32 Å². The molecule has 0 spiro atoms. The lowest BCUT2D eigenvalue weighted by Crippen LogP contribution is -2.63. The molecule has 1 amide bonds. The summed E-state index contributed by atoms with van der Waals surface area (Å²) < 4.78 is 0. The van der Waals surface area contributed by atoms with Gasteiger partial charge in [0.1, 0.15) is 5.54 Å². The quantitative estimate of drug-likeness (QED) is 0.801. The maximum atomic E-state index is 12.4. The molecule has 0 rings (SSSR count). The third kappa shape index (κ3) is 5.59. The summed E-state index contributed by atoms with van der Waals surface area (Å²) in [7, 11) is 0. The van der Waals surface area contributed by atoms with E-state index in [-0.39, 0.29) is 11.4 Å². The molecule has 0 heterocycles. The Bertz CT molecular complexity index is 349. The zero-order chi connectivity index (χ0) is 15.6. The molecular weight excluding hydrogens is 244 g/mol. The number of rotatable bonds is 3. The highest BCUT2D eigenvalue weighted by atomic mass is 16.7. The Morgan fingerprint density at radius 2 is 1.37 bits per heavy atom. The van der Waals surface area contributed by atoms with Crippen molar-refractivity contribution in [1.29, 1.82) is 0 Å². The minimum atomic E-state index is -0.961. The van der Waals surface area contributed by atoms with Gasteiger partial charge in [-0.3, -0.25) is 9.59 Å². The Balaban J connectivity index is 5.29. The largest absolute Gasteiger partial charge is 0.367 e. The summed E-state index contributed by atoms with van der Waals surface area (Å²) in [6, 6.07) is 0. The van der Waals surface area contributed by atoms with Gasteiger partial charge in [0.2, 0.25) is 5.91 Å². The zero-order valence-electron chi connectivity index (χ0n) is 13.7. The van der Waals surface area contributed by atoms with Crippen LogP contribution in [0.5, 0.6) is 0 Å². The standard InChI is InChI=1S/C14H28N2O3/c1-10(17)19-16(13(5,6)7)14(8,9)11(18)15-12(2,3)4/h1-9H3,(H,15,18). The molecular formula is C14H28N2O3. The number of nitrogens with one attached hydrogen (secondary N) is 1. The molecule has 1 N–H and O–H groups in total. The van der Waals surface area contributed by atoms with E-state index in [0.29, 0.717) is 0 Å². The highest BCUT2D eigenvalue weighted by molar-refractivity contribution is 5.86. The van der Waals surface area contributed by atoms with Crippen molar-refractivity contribution in [3.05, 3.63) is 0 Å². The van der Waals surface area contributed by atoms with Crippen LogP contribution in [0.1, 0.15) is 62.3 Å². The monoisotopic (exact) mass is 272 g/mol. The first-order chi connectivity index (χ1) is 8.18. The van der Waals surface area contributed by atoms with E-state index in [1.807, 2.05) is 41.5 Å². The van der Waals surface area contributed by atoms with Crippen LogP contribution in [0.3, 0.4) is 0 Å². The summed E-state index contributed by atoms with van der Waals surface area (Å²) >= 11 is 0. The number of carbonyl (C=O) groups is 2. The first-order valence-corrected chi connectivity index (χ1v) is 6.49. The minimum absolute atomic E-state index is 0.184. The topological polar surface area (TPSA) is 58.6 Å². The van der Waals surface area contributed by atoms with Gasteiger partial charge in [-0.05, 0) is 55.4 Å². The van der Waals surface area contributed by atoms with Crippen LogP contribution in [-0.2, 0) is 14.4 Å². The molecule has 0 bridgehead atoms. The van der Waals surface area contributed by atoms with Crippen LogP contribution in [0.4, 0.5) is 0 Å². The number of carbonyl (C=O) groups excluding carboxylic acids is 2. The molecule has 0 aromatic carbocycles. The summed E-state index contributed by atoms with van der Waals surface area (Å²) in [5.74, 6) is -0.622. The molecule has 0 unspecified atom stereocenters. The first-order valence-electron chi connectivity index (χ1n) is 6.49.